The van der Waals surface area contributed by atoms with Crippen molar-refractivity contribution in [3.05, 3.63) is 0 Å². The maximum absolute atomic E-state index is 11.9. The minimum atomic E-state index is -3.54. The van der Waals surface area contributed by atoms with Gasteiger partial charge >= 0.3 is 12.0 Å². The Hall–Kier alpha value is -1.39. The monoisotopic (exact) mass is 309 g/mol. The Morgan fingerprint density at radius 3 is 2.75 bits per heavy atom. The van der Waals surface area contributed by atoms with E-state index in [0.29, 0.717) is 13.2 Å². The van der Waals surface area contributed by atoms with Gasteiger partial charge in [-0.1, -0.05) is 0 Å². The number of carboxylic acid groups (broad SMARTS) is 1. The lowest BCUT2D eigenvalue weighted by Crippen LogP contribution is -2.53. The normalized spacial score (nSPS) is 19.6. The molecule has 0 bridgehead atoms. The number of nitrogens with one attached hydrogen (secondary N) is 1. The summed E-state index contributed by atoms with van der Waals surface area (Å²) in [7, 11) is -3.54. The van der Waals surface area contributed by atoms with E-state index in [1.807, 2.05) is 0 Å². The molecular formula is C10H19N3O6S. The first-order valence-electron chi connectivity index (χ1n) is 6.14. The second kappa shape index (κ2) is 7.41. The van der Waals surface area contributed by atoms with Gasteiger partial charge in [0.1, 0.15) is 0 Å². The van der Waals surface area contributed by atoms with Crippen LogP contribution in [0.15, 0.2) is 0 Å². The van der Waals surface area contributed by atoms with Crippen LogP contribution in [0.5, 0.6) is 0 Å². The quantitative estimate of drug-likeness (QED) is 0.513. The van der Waals surface area contributed by atoms with Crippen LogP contribution < -0.4 is 10.5 Å². The minimum Gasteiger partial charge on any atom is -0.481 e. The fourth-order valence-electron chi connectivity index (χ4n) is 1.86. The van der Waals surface area contributed by atoms with Crippen molar-refractivity contribution >= 4 is 22.0 Å². The Bertz CT molecular complexity index is 452. The summed E-state index contributed by atoms with van der Waals surface area (Å²) in [6, 6.07) is -0.937. The Kier molecular flexibility index (Phi) is 6.17. The number of primary sulfonamides is 1. The van der Waals surface area contributed by atoms with Gasteiger partial charge in [-0.25, -0.2) is 18.4 Å². The molecule has 2 amide bonds. The molecule has 0 aliphatic carbocycles. The molecule has 1 saturated heterocycles. The summed E-state index contributed by atoms with van der Waals surface area (Å²) in [6.07, 6.45) is 0.0170. The first-order chi connectivity index (χ1) is 9.29. The van der Waals surface area contributed by atoms with E-state index in [-0.39, 0.29) is 31.7 Å². The highest BCUT2D eigenvalue weighted by molar-refractivity contribution is 7.89. The van der Waals surface area contributed by atoms with Crippen LogP contribution in [0.25, 0.3) is 0 Å². The fourth-order valence-corrected chi connectivity index (χ4v) is 2.41. The number of nitrogens with two attached hydrogens (primary N) is 1. The number of hydrogen-bond acceptors (Lipinski definition) is 5. The third-order valence-corrected chi connectivity index (χ3v) is 3.64. The number of ether oxygens (including phenoxy) is 1. The van der Waals surface area contributed by atoms with Crippen LogP contribution in [-0.2, 0) is 19.6 Å². The van der Waals surface area contributed by atoms with Gasteiger partial charge in [0, 0.05) is 13.1 Å². The van der Waals surface area contributed by atoms with Crippen molar-refractivity contribution in [2.24, 2.45) is 5.14 Å². The van der Waals surface area contributed by atoms with E-state index in [9.17, 15) is 18.0 Å². The smallest absolute Gasteiger partial charge is 0.317 e. The van der Waals surface area contributed by atoms with Crippen molar-refractivity contribution < 1.29 is 27.9 Å². The highest BCUT2D eigenvalue weighted by atomic mass is 32.2. The summed E-state index contributed by atoms with van der Waals surface area (Å²) in [6.45, 7) is 0.989. The van der Waals surface area contributed by atoms with Gasteiger partial charge in [-0.2, -0.15) is 0 Å². The van der Waals surface area contributed by atoms with Crippen molar-refractivity contribution in [1.29, 1.82) is 0 Å². The Morgan fingerprint density at radius 1 is 1.45 bits per heavy atom. The SMILES string of the molecule is NS(=O)(=O)CCCNC(=O)N1CCOCC1CC(=O)O. The summed E-state index contributed by atoms with van der Waals surface area (Å²) in [5.41, 5.74) is 0. The predicted octanol–water partition coefficient (Wildman–Crippen LogP) is -1.45. The topological polar surface area (TPSA) is 139 Å². The largest absolute Gasteiger partial charge is 0.481 e. The highest BCUT2D eigenvalue weighted by Gasteiger charge is 2.28. The van der Waals surface area contributed by atoms with Crippen LogP contribution in [0.4, 0.5) is 4.79 Å². The number of hydrogen-bond donors (Lipinski definition) is 3. The van der Waals surface area contributed by atoms with Crippen LogP contribution >= 0.6 is 0 Å². The molecule has 0 aromatic heterocycles. The molecule has 0 spiro atoms. The highest BCUT2D eigenvalue weighted by Crippen LogP contribution is 2.10. The van der Waals surface area contributed by atoms with Crippen LogP contribution in [0.1, 0.15) is 12.8 Å². The molecule has 1 unspecified atom stereocenters. The molecule has 1 aliphatic rings. The number of nitrogens with zero attached hydrogens (tertiary/aromatic N) is 1. The zero-order valence-electron chi connectivity index (χ0n) is 10.9. The number of carbonyl (C=O) groups excluding carboxylic acids is 1. The first-order valence-corrected chi connectivity index (χ1v) is 7.85. The van der Waals surface area contributed by atoms with E-state index in [2.05, 4.69) is 5.32 Å². The fraction of sp³-hybridized carbons (Fsp3) is 0.800. The lowest BCUT2D eigenvalue weighted by Gasteiger charge is -2.34. The van der Waals surface area contributed by atoms with Crippen molar-refractivity contribution in [2.75, 3.05) is 32.1 Å². The van der Waals surface area contributed by atoms with E-state index < -0.39 is 28.1 Å². The molecule has 1 aliphatic heterocycles. The molecule has 116 valence electrons. The second-order valence-electron chi connectivity index (χ2n) is 4.47. The molecule has 10 heteroatoms. The van der Waals surface area contributed by atoms with Crippen LogP contribution in [0, 0.1) is 0 Å². The van der Waals surface area contributed by atoms with E-state index in [0.717, 1.165) is 0 Å². The number of urea groups is 1. The van der Waals surface area contributed by atoms with Crippen molar-refractivity contribution in [2.45, 2.75) is 18.9 Å². The average molecular weight is 309 g/mol. The standard InChI is InChI=1S/C10H19N3O6S/c11-20(17,18)5-1-2-12-10(16)13-3-4-19-7-8(13)6-9(14)15/h8H,1-7H2,(H,12,16)(H,14,15)(H2,11,17,18). The summed E-state index contributed by atoms with van der Waals surface area (Å²) in [4.78, 5) is 24.0. The van der Waals surface area contributed by atoms with E-state index in [1.54, 1.807) is 0 Å². The van der Waals surface area contributed by atoms with Gasteiger partial charge in [-0.15, -0.1) is 0 Å². The molecule has 9 nitrogen and oxygen atoms in total. The maximum atomic E-state index is 11.9. The van der Waals surface area contributed by atoms with Crippen LogP contribution in [-0.4, -0.2) is 68.5 Å². The average Bonchev–Trinajstić information content (AvgIpc) is 2.33. The summed E-state index contributed by atoms with van der Waals surface area (Å²) in [5, 5.41) is 16.2. The molecule has 0 saturated carbocycles. The third kappa shape index (κ3) is 6.17. The maximum Gasteiger partial charge on any atom is 0.317 e. The molecule has 1 heterocycles. The zero-order chi connectivity index (χ0) is 15.2. The van der Waals surface area contributed by atoms with Crippen LogP contribution in [0.3, 0.4) is 0 Å². The molecule has 0 aromatic rings. The zero-order valence-corrected chi connectivity index (χ0v) is 11.8. The number of sulfonamides is 1. The molecule has 20 heavy (non-hydrogen) atoms. The lowest BCUT2D eigenvalue weighted by molar-refractivity contribution is -0.139. The lowest BCUT2D eigenvalue weighted by atomic mass is 10.1. The summed E-state index contributed by atoms with van der Waals surface area (Å²) < 4.78 is 26.6. The van der Waals surface area contributed by atoms with Crippen LogP contribution in [0.2, 0.25) is 0 Å². The number of carboxylic acids is 1. The van der Waals surface area contributed by atoms with Gasteiger partial charge in [-0.05, 0) is 6.42 Å². The number of carbonyl (C=O) groups is 2. The van der Waals surface area contributed by atoms with E-state index in [1.165, 1.54) is 4.90 Å². The second-order valence-corrected chi connectivity index (χ2v) is 6.21. The molecule has 4 N–H and O–H groups in total. The first kappa shape index (κ1) is 16.7. The van der Waals surface area contributed by atoms with E-state index >= 15 is 0 Å². The van der Waals surface area contributed by atoms with Gasteiger partial charge in [0.2, 0.25) is 10.0 Å². The van der Waals surface area contributed by atoms with Gasteiger partial charge < -0.3 is 20.1 Å². The molecule has 1 rings (SSSR count). The van der Waals surface area contributed by atoms with Crippen molar-refractivity contribution in [3.8, 4) is 0 Å². The van der Waals surface area contributed by atoms with Gasteiger partial charge in [-0.3, -0.25) is 4.79 Å². The number of aliphatic carboxylic acids is 1. The minimum absolute atomic E-state index is 0.159. The van der Waals surface area contributed by atoms with Crippen molar-refractivity contribution in [1.82, 2.24) is 10.2 Å². The molecular weight excluding hydrogens is 290 g/mol. The summed E-state index contributed by atoms with van der Waals surface area (Å²) in [5.74, 6) is -1.22. The Labute approximate surface area is 117 Å². The number of morpholine rings is 1. The molecule has 1 fully saturated rings. The third-order valence-electron chi connectivity index (χ3n) is 2.78. The molecule has 1 atom stereocenters. The molecule has 0 radical (unpaired) electrons. The predicted molar refractivity (Wildman–Crippen MR) is 69.6 cm³/mol. The summed E-state index contributed by atoms with van der Waals surface area (Å²) >= 11 is 0. The van der Waals surface area contributed by atoms with E-state index in [4.69, 9.17) is 15.0 Å². The molecule has 0 aromatic carbocycles. The van der Waals surface area contributed by atoms with Gasteiger partial charge in [0.25, 0.3) is 0 Å². The van der Waals surface area contributed by atoms with Gasteiger partial charge in [0.15, 0.2) is 0 Å². The van der Waals surface area contributed by atoms with Gasteiger partial charge in [0.05, 0.1) is 31.4 Å². The Balaban J connectivity index is 2.41. The number of rotatable bonds is 6. The van der Waals surface area contributed by atoms with Crippen molar-refractivity contribution in [3.63, 3.8) is 0 Å². The Morgan fingerprint density at radius 2 is 2.15 bits per heavy atom. The number of amides is 2.